The standard InChI is InChI=1S/C7H5N2OS2/c8-3-5-1-2-12-7(5)9-6(10)4-11/h1-2H,4H2,(H,9,10). The first-order chi connectivity index (χ1) is 5.77. The third-order valence-electron chi connectivity index (χ3n) is 1.17. The summed E-state index contributed by atoms with van der Waals surface area (Å²) in [6.45, 7) is 0. The van der Waals surface area contributed by atoms with Crippen molar-refractivity contribution in [1.82, 2.24) is 0 Å². The van der Waals surface area contributed by atoms with Crippen molar-refractivity contribution in [2.24, 2.45) is 0 Å². The zero-order chi connectivity index (χ0) is 8.97. The Balaban J connectivity index is 2.76. The molecular formula is C7H5N2OS2. The first kappa shape index (κ1) is 9.10. The number of nitriles is 1. The Hall–Kier alpha value is -0.990. The number of thiophene rings is 1. The fourth-order valence-corrected chi connectivity index (χ4v) is 1.48. The lowest BCUT2D eigenvalue weighted by Crippen LogP contribution is -2.12. The van der Waals surface area contributed by atoms with Gasteiger partial charge in [-0.15, -0.1) is 11.3 Å². The SMILES string of the molecule is N#Cc1ccsc1NC(=O)C[S]. The third-order valence-corrected chi connectivity index (χ3v) is 2.26. The van der Waals surface area contributed by atoms with Gasteiger partial charge in [-0.3, -0.25) is 4.79 Å². The normalized spacial score (nSPS) is 9.00. The largest absolute Gasteiger partial charge is 0.316 e. The van der Waals surface area contributed by atoms with Crippen LogP contribution in [0.4, 0.5) is 5.00 Å². The minimum atomic E-state index is -0.246. The van der Waals surface area contributed by atoms with Crippen LogP contribution in [-0.2, 0) is 4.79 Å². The maximum Gasteiger partial charge on any atom is 0.235 e. The van der Waals surface area contributed by atoms with Crippen molar-refractivity contribution in [3.63, 3.8) is 0 Å². The van der Waals surface area contributed by atoms with Crippen LogP contribution in [0.15, 0.2) is 11.4 Å². The number of amides is 1. The number of nitrogens with zero attached hydrogens (tertiary/aromatic N) is 1. The molecular weight excluding hydrogens is 192 g/mol. The van der Waals surface area contributed by atoms with E-state index in [1.54, 1.807) is 11.4 Å². The van der Waals surface area contributed by atoms with Crippen molar-refractivity contribution in [3.8, 4) is 6.07 Å². The van der Waals surface area contributed by atoms with Crippen LogP contribution in [-0.4, -0.2) is 11.7 Å². The fourth-order valence-electron chi connectivity index (χ4n) is 0.657. The van der Waals surface area contributed by atoms with Crippen LogP contribution in [0.2, 0.25) is 0 Å². The molecule has 61 valence electrons. The summed E-state index contributed by atoms with van der Waals surface area (Å²) in [6, 6.07) is 3.62. The van der Waals surface area contributed by atoms with E-state index in [0.717, 1.165) is 0 Å². The third kappa shape index (κ3) is 2.00. The van der Waals surface area contributed by atoms with Crippen LogP contribution in [0.5, 0.6) is 0 Å². The summed E-state index contributed by atoms with van der Waals surface area (Å²) in [4.78, 5) is 10.8. The van der Waals surface area contributed by atoms with Gasteiger partial charge >= 0.3 is 0 Å². The molecule has 0 fully saturated rings. The molecule has 1 aromatic rings. The lowest BCUT2D eigenvalue weighted by molar-refractivity contribution is -0.113. The first-order valence-corrected chi connectivity index (χ1v) is 4.59. The summed E-state index contributed by atoms with van der Waals surface area (Å²) in [5.41, 5.74) is 0.483. The Morgan fingerprint density at radius 1 is 1.83 bits per heavy atom. The number of anilines is 1. The van der Waals surface area contributed by atoms with Crippen molar-refractivity contribution in [3.05, 3.63) is 17.0 Å². The van der Waals surface area contributed by atoms with Gasteiger partial charge < -0.3 is 5.32 Å². The highest BCUT2D eigenvalue weighted by atomic mass is 32.1. The van der Waals surface area contributed by atoms with Crippen molar-refractivity contribution < 1.29 is 4.79 Å². The van der Waals surface area contributed by atoms with Crippen LogP contribution in [0.1, 0.15) is 5.56 Å². The Kier molecular flexibility index (Phi) is 3.14. The molecule has 0 aliphatic heterocycles. The Labute approximate surface area is 79.4 Å². The highest BCUT2D eigenvalue weighted by Crippen LogP contribution is 2.21. The van der Waals surface area contributed by atoms with Crippen molar-refractivity contribution in [2.45, 2.75) is 0 Å². The average molecular weight is 197 g/mol. The molecule has 1 N–H and O–H groups in total. The van der Waals surface area contributed by atoms with Gasteiger partial charge in [-0.1, -0.05) is 12.6 Å². The van der Waals surface area contributed by atoms with E-state index in [4.69, 9.17) is 5.26 Å². The first-order valence-electron chi connectivity index (χ1n) is 3.13. The highest BCUT2D eigenvalue weighted by Gasteiger charge is 2.05. The molecule has 0 bridgehead atoms. The monoisotopic (exact) mass is 197 g/mol. The van der Waals surface area contributed by atoms with Gasteiger partial charge in [0.1, 0.15) is 11.1 Å². The second-order valence-corrected chi connectivity index (χ2v) is 3.17. The summed E-state index contributed by atoms with van der Waals surface area (Å²) >= 11 is 5.85. The van der Waals surface area contributed by atoms with Crippen LogP contribution in [0.3, 0.4) is 0 Å². The van der Waals surface area contributed by atoms with Crippen LogP contribution in [0.25, 0.3) is 0 Å². The number of carbonyl (C=O) groups is 1. The van der Waals surface area contributed by atoms with E-state index in [-0.39, 0.29) is 11.7 Å². The Morgan fingerprint density at radius 2 is 2.58 bits per heavy atom. The highest BCUT2D eigenvalue weighted by molar-refractivity contribution is 7.81. The zero-order valence-corrected chi connectivity index (χ0v) is 7.67. The van der Waals surface area contributed by atoms with Gasteiger partial charge in [0.2, 0.25) is 5.91 Å². The van der Waals surface area contributed by atoms with E-state index in [0.29, 0.717) is 10.6 Å². The predicted octanol–water partition coefficient (Wildman–Crippen LogP) is 1.76. The van der Waals surface area contributed by atoms with E-state index in [1.165, 1.54) is 11.3 Å². The second kappa shape index (κ2) is 4.14. The summed E-state index contributed by atoms with van der Waals surface area (Å²) in [6.07, 6.45) is 0. The molecule has 0 saturated heterocycles. The lowest BCUT2D eigenvalue weighted by Gasteiger charge is -1.97. The summed E-state index contributed by atoms with van der Waals surface area (Å²) in [7, 11) is 0. The molecule has 12 heavy (non-hydrogen) atoms. The topological polar surface area (TPSA) is 52.9 Å². The number of hydrogen-bond donors (Lipinski definition) is 1. The molecule has 0 atom stereocenters. The smallest absolute Gasteiger partial charge is 0.235 e. The Morgan fingerprint density at radius 3 is 3.17 bits per heavy atom. The van der Waals surface area contributed by atoms with E-state index >= 15 is 0 Å². The molecule has 1 amide bonds. The zero-order valence-electron chi connectivity index (χ0n) is 6.03. The summed E-state index contributed by atoms with van der Waals surface area (Å²) < 4.78 is 0. The molecule has 1 radical (unpaired) electrons. The van der Waals surface area contributed by atoms with Gasteiger partial charge in [-0.05, 0) is 11.4 Å². The molecule has 0 aromatic carbocycles. The molecule has 0 aliphatic rings. The summed E-state index contributed by atoms with van der Waals surface area (Å²) in [5, 5.41) is 13.4. The average Bonchev–Trinajstić information content (AvgIpc) is 2.51. The lowest BCUT2D eigenvalue weighted by atomic mass is 10.3. The number of rotatable bonds is 2. The number of nitrogens with one attached hydrogen (secondary N) is 1. The van der Waals surface area contributed by atoms with Gasteiger partial charge in [0, 0.05) is 0 Å². The molecule has 3 nitrogen and oxygen atoms in total. The number of hydrogen-bond acceptors (Lipinski definition) is 3. The summed E-state index contributed by atoms with van der Waals surface area (Å²) in [5.74, 6) is -0.230. The maximum absolute atomic E-state index is 10.8. The van der Waals surface area contributed by atoms with Gasteiger partial charge in [-0.25, -0.2) is 0 Å². The second-order valence-electron chi connectivity index (χ2n) is 1.97. The minimum Gasteiger partial charge on any atom is -0.316 e. The maximum atomic E-state index is 10.8. The van der Waals surface area contributed by atoms with E-state index < -0.39 is 0 Å². The van der Waals surface area contributed by atoms with Crippen molar-refractivity contribution in [1.29, 1.82) is 5.26 Å². The molecule has 0 spiro atoms. The van der Waals surface area contributed by atoms with Crippen LogP contribution < -0.4 is 5.32 Å². The van der Waals surface area contributed by atoms with Crippen LogP contribution in [0, 0.1) is 11.3 Å². The quantitative estimate of drug-likeness (QED) is 0.785. The fraction of sp³-hybridized carbons (Fsp3) is 0.143. The molecule has 0 unspecified atom stereocenters. The van der Waals surface area contributed by atoms with Crippen molar-refractivity contribution >= 4 is 34.9 Å². The van der Waals surface area contributed by atoms with Gasteiger partial charge in [0.25, 0.3) is 0 Å². The molecule has 1 rings (SSSR count). The Bertz CT molecular complexity index is 326. The van der Waals surface area contributed by atoms with E-state index in [9.17, 15) is 4.79 Å². The molecule has 1 aromatic heterocycles. The van der Waals surface area contributed by atoms with E-state index in [2.05, 4.69) is 17.9 Å². The van der Waals surface area contributed by atoms with Gasteiger partial charge in [-0.2, -0.15) is 5.26 Å². The molecule has 5 heteroatoms. The molecule has 0 saturated carbocycles. The predicted molar refractivity (Wildman–Crippen MR) is 50.1 cm³/mol. The minimum absolute atomic E-state index is 0.0166. The van der Waals surface area contributed by atoms with Crippen molar-refractivity contribution in [2.75, 3.05) is 11.1 Å². The number of carbonyl (C=O) groups excluding carboxylic acids is 1. The van der Waals surface area contributed by atoms with Gasteiger partial charge in [0.05, 0.1) is 11.3 Å². The van der Waals surface area contributed by atoms with Gasteiger partial charge in [0.15, 0.2) is 0 Å². The van der Waals surface area contributed by atoms with Crippen LogP contribution >= 0.6 is 24.0 Å². The molecule has 0 aliphatic carbocycles. The molecule has 1 heterocycles. The van der Waals surface area contributed by atoms with E-state index in [1.807, 2.05) is 6.07 Å².